The van der Waals surface area contributed by atoms with Crippen molar-refractivity contribution in [3.63, 3.8) is 0 Å². The van der Waals surface area contributed by atoms with Gasteiger partial charge in [-0.25, -0.2) is 0 Å². The minimum absolute atomic E-state index is 0.0172. The predicted octanol–water partition coefficient (Wildman–Crippen LogP) is 2.06. The van der Waals surface area contributed by atoms with Crippen molar-refractivity contribution in [1.29, 1.82) is 0 Å². The molecular weight excluding hydrogens is 218 g/mol. The van der Waals surface area contributed by atoms with Gasteiger partial charge in [0.25, 0.3) is 5.56 Å². The van der Waals surface area contributed by atoms with Gasteiger partial charge >= 0.3 is 0 Å². The monoisotopic (exact) mass is 231 g/mol. The number of aromatic amines is 1. The first-order chi connectivity index (χ1) is 8.11. The minimum Gasteiger partial charge on any atom is -0.507 e. The Kier molecular flexibility index (Phi) is 2.87. The minimum atomic E-state index is -0.308. The lowest BCUT2D eigenvalue weighted by Gasteiger charge is -2.08. The van der Waals surface area contributed by atoms with Crippen LogP contribution in [0.5, 0.6) is 11.5 Å². The fourth-order valence-electron chi connectivity index (χ4n) is 1.79. The highest BCUT2D eigenvalue weighted by molar-refractivity contribution is 5.72. The third-order valence-corrected chi connectivity index (χ3v) is 2.59. The summed E-state index contributed by atoms with van der Waals surface area (Å²) in [5.74, 6) is 0.728. The van der Waals surface area contributed by atoms with Crippen molar-refractivity contribution in [1.82, 2.24) is 4.98 Å². The first-order valence-electron chi connectivity index (χ1n) is 5.19. The van der Waals surface area contributed by atoms with Crippen molar-refractivity contribution in [3.8, 4) is 22.6 Å². The molecule has 0 saturated heterocycles. The van der Waals surface area contributed by atoms with Crippen LogP contribution in [-0.2, 0) is 0 Å². The van der Waals surface area contributed by atoms with E-state index in [0.29, 0.717) is 11.3 Å². The molecule has 0 saturated carbocycles. The van der Waals surface area contributed by atoms with E-state index in [9.17, 15) is 9.90 Å². The fraction of sp³-hybridized carbons (Fsp3) is 0.154. The average molecular weight is 231 g/mol. The van der Waals surface area contributed by atoms with Crippen LogP contribution in [0.1, 0.15) is 5.69 Å². The Morgan fingerprint density at radius 1 is 1.24 bits per heavy atom. The molecule has 88 valence electrons. The van der Waals surface area contributed by atoms with Gasteiger partial charge in [-0.3, -0.25) is 4.79 Å². The third-order valence-electron chi connectivity index (χ3n) is 2.59. The van der Waals surface area contributed by atoms with E-state index in [1.165, 1.54) is 6.07 Å². The maximum absolute atomic E-state index is 11.2. The first-order valence-corrected chi connectivity index (χ1v) is 5.19. The van der Waals surface area contributed by atoms with E-state index in [1.54, 1.807) is 26.2 Å². The molecular formula is C13H13NO3. The fourth-order valence-corrected chi connectivity index (χ4v) is 1.79. The van der Waals surface area contributed by atoms with Gasteiger partial charge in [-0.05, 0) is 24.6 Å². The lowest BCUT2D eigenvalue weighted by atomic mass is 10.0. The Hall–Kier alpha value is -2.23. The molecule has 2 N–H and O–H groups in total. The lowest BCUT2D eigenvalue weighted by molar-refractivity contribution is 0.415. The summed E-state index contributed by atoms with van der Waals surface area (Å²) in [6.45, 7) is 1.75. The molecule has 0 aliphatic heterocycles. The van der Waals surface area contributed by atoms with Gasteiger partial charge in [0.15, 0.2) is 0 Å². The molecule has 2 rings (SSSR count). The van der Waals surface area contributed by atoms with Crippen LogP contribution in [-0.4, -0.2) is 17.2 Å². The maximum Gasteiger partial charge on any atom is 0.251 e. The number of benzene rings is 1. The van der Waals surface area contributed by atoms with Crippen molar-refractivity contribution in [3.05, 3.63) is 46.4 Å². The van der Waals surface area contributed by atoms with Gasteiger partial charge in [0.2, 0.25) is 0 Å². The summed E-state index contributed by atoms with van der Waals surface area (Å²) in [6, 6.07) is 8.45. The molecule has 1 aromatic heterocycles. The highest BCUT2D eigenvalue weighted by atomic mass is 16.5. The van der Waals surface area contributed by atoms with E-state index < -0.39 is 0 Å². The van der Waals surface area contributed by atoms with Gasteiger partial charge in [0.05, 0.1) is 7.11 Å². The Morgan fingerprint density at radius 3 is 2.41 bits per heavy atom. The van der Waals surface area contributed by atoms with E-state index in [0.717, 1.165) is 11.3 Å². The molecule has 4 heteroatoms. The topological polar surface area (TPSA) is 62.3 Å². The van der Waals surface area contributed by atoms with Crippen molar-refractivity contribution >= 4 is 0 Å². The number of rotatable bonds is 2. The van der Waals surface area contributed by atoms with Crippen LogP contribution in [0, 0.1) is 6.92 Å². The SMILES string of the molecule is COc1ccc(-c2c(O)cc(=O)[nH]c2C)cc1. The highest BCUT2D eigenvalue weighted by Crippen LogP contribution is 2.30. The summed E-state index contributed by atoms with van der Waals surface area (Å²) >= 11 is 0. The number of hydrogen-bond donors (Lipinski definition) is 2. The molecule has 0 spiro atoms. The van der Waals surface area contributed by atoms with Gasteiger partial charge < -0.3 is 14.8 Å². The summed E-state index contributed by atoms with van der Waals surface area (Å²) in [5, 5.41) is 9.80. The van der Waals surface area contributed by atoms with Gasteiger partial charge in [-0.2, -0.15) is 0 Å². The first kappa shape index (κ1) is 11.3. The standard InChI is InChI=1S/C13H13NO3/c1-8-13(11(15)7-12(16)14-8)9-3-5-10(17-2)6-4-9/h3-7H,1-2H3,(H2,14,15,16). The van der Waals surface area contributed by atoms with Crippen molar-refractivity contribution < 1.29 is 9.84 Å². The molecule has 0 atom stereocenters. The summed E-state index contributed by atoms with van der Waals surface area (Å²) in [5.41, 5.74) is 1.79. The van der Waals surface area contributed by atoms with Crippen LogP contribution >= 0.6 is 0 Å². The van der Waals surface area contributed by atoms with Crippen LogP contribution in [0.2, 0.25) is 0 Å². The molecule has 0 aliphatic carbocycles. The molecule has 0 amide bonds. The quantitative estimate of drug-likeness (QED) is 0.831. The number of hydrogen-bond acceptors (Lipinski definition) is 3. The van der Waals surface area contributed by atoms with Crippen LogP contribution in [0.25, 0.3) is 11.1 Å². The predicted molar refractivity (Wildman–Crippen MR) is 65.5 cm³/mol. The Balaban J connectivity index is 2.56. The number of aromatic hydroxyl groups is 1. The number of nitrogens with one attached hydrogen (secondary N) is 1. The lowest BCUT2D eigenvalue weighted by Crippen LogP contribution is -2.06. The molecule has 1 heterocycles. The van der Waals surface area contributed by atoms with E-state index in [2.05, 4.69) is 4.98 Å². The van der Waals surface area contributed by atoms with E-state index >= 15 is 0 Å². The number of H-pyrrole nitrogens is 1. The number of aryl methyl sites for hydroxylation is 1. The summed E-state index contributed by atoms with van der Waals surface area (Å²) in [4.78, 5) is 13.8. The Morgan fingerprint density at radius 2 is 1.88 bits per heavy atom. The smallest absolute Gasteiger partial charge is 0.251 e. The van der Waals surface area contributed by atoms with Crippen LogP contribution in [0.4, 0.5) is 0 Å². The zero-order chi connectivity index (χ0) is 12.4. The molecule has 0 fully saturated rings. The van der Waals surface area contributed by atoms with E-state index in [1.807, 2.05) is 12.1 Å². The highest BCUT2D eigenvalue weighted by Gasteiger charge is 2.09. The summed E-state index contributed by atoms with van der Waals surface area (Å²) in [7, 11) is 1.59. The number of pyridine rings is 1. The largest absolute Gasteiger partial charge is 0.507 e. The number of aromatic nitrogens is 1. The zero-order valence-electron chi connectivity index (χ0n) is 9.65. The van der Waals surface area contributed by atoms with Crippen molar-refractivity contribution in [2.45, 2.75) is 6.92 Å². The Labute approximate surface area is 98.5 Å². The second kappa shape index (κ2) is 4.33. The van der Waals surface area contributed by atoms with Crippen molar-refractivity contribution in [2.24, 2.45) is 0 Å². The molecule has 0 aliphatic rings. The van der Waals surface area contributed by atoms with Gasteiger partial charge in [-0.15, -0.1) is 0 Å². The second-order valence-corrected chi connectivity index (χ2v) is 3.75. The van der Waals surface area contributed by atoms with Gasteiger partial charge in [0, 0.05) is 17.3 Å². The second-order valence-electron chi connectivity index (χ2n) is 3.75. The van der Waals surface area contributed by atoms with Gasteiger partial charge in [-0.1, -0.05) is 12.1 Å². The normalized spacial score (nSPS) is 10.2. The van der Waals surface area contributed by atoms with Crippen LogP contribution in [0.3, 0.4) is 0 Å². The molecule has 1 aromatic carbocycles. The Bertz CT molecular complexity index is 558. The number of methoxy groups -OCH3 is 1. The molecule has 4 nitrogen and oxygen atoms in total. The number of ether oxygens (including phenoxy) is 1. The molecule has 0 unspecified atom stereocenters. The average Bonchev–Trinajstić information content (AvgIpc) is 2.28. The molecule has 2 aromatic rings. The molecule has 0 radical (unpaired) electrons. The van der Waals surface area contributed by atoms with Gasteiger partial charge in [0.1, 0.15) is 11.5 Å². The maximum atomic E-state index is 11.2. The van der Waals surface area contributed by atoms with E-state index in [4.69, 9.17) is 4.74 Å². The molecule has 17 heavy (non-hydrogen) atoms. The van der Waals surface area contributed by atoms with E-state index in [-0.39, 0.29) is 11.3 Å². The third kappa shape index (κ3) is 2.15. The van der Waals surface area contributed by atoms with Crippen molar-refractivity contribution in [2.75, 3.05) is 7.11 Å². The summed E-state index contributed by atoms with van der Waals surface area (Å²) < 4.78 is 5.06. The molecule has 0 bridgehead atoms. The van der Waals surface area contributed by atoms with Crippen LogP contribution < -0.4 is 10.3 Å². The summed E-state index contributed by atoms with van der Waals surface area (Å²) in [6.07, 6.45) is 0. The van der Waals surface area contributed by atoms with Crippen LogP contribution in [0.15, 0.2) is 35.1 Å². The zero-order valence-corrected chi connectivity index (χ0v) is 9.65.